The summed E-state index contributed by atoms with van der Waals surface area (Å²) in [4.78, 5) is 1.31. The number of thiophene rings is 1. The van der Waals surface area contributed by atoms with Gasteiger partial charge in [0.2, 0.25) is 0 Å². The molecular formula is C21H23NOS. The number of fused-ring (bicyclic) bond motifs is 1. The summed E-state index contributed by atoms with van der Waals surface area (Å²) in [5.41, 5.74) is 2.54. The van der Waals surface area contributed by atoms with E-state index in [1.807, 2.05) is 11.3 Å². The van der Waals surface area contributed by atoms with Gasteiger partial charge in [-0.25, -0.2) is 0 Å². The number of nitrogens with one attached hydrogen (secondary N) is 1. The van der Waals surface area contributed by atoms with Gasteiger partial charge in [-0.2, -0.15) is 0 Å². The Hall–Kier alpha value is -2.26. The standard InChI is InChI=1S/C21H23NOS/c1-3-16-14-18(10-11-19(16)23-13-7-12-22-4-2)21-15-17-8-5-6-9-20(17)24-21/h4-6,8-11,14-15,22H,2-3,7,12-13H2,1H3. The molecule has 3 heteroatoms. The molecule has 0 amide bonds. The molecule has 0 atom stereocenters. The van der Waals surface area contributed by atoms with Crippen molar-refractivity contribution in [2.24, 2.45) is 0 Å². The minimum atomic E-state index is 0.718. The van der Waals surface area contributed by atoms with Crippen LogP contribution in [0.4, 0.5) is 0 Å². The average molecular weight is 337 g/mol. The van der Waals surface area contributed by atoms with Crippen molar-refractivity contribution in [2.45, 2.75) is 19.8 Å². The minimum absolute atomic E-state index is 0.718. The van der Waals surface area contributed by atoms with Crippen LogP contribution in [0.15, 0.2) is 61.3 Å². The van der Waals surface area contributed by atoms with Gasteiger partial charge in [0.1, 0.15) is 5.75 Å². The van der Waals surface area contributed by atoms with Gasteiger partial charge < -0.3 is 10.1 Å². The van der Waals surface area contributed by atoms with Crippen LogP contribution in [0.3, 0.4) is 0 Å². The van der Waals surface area contributed by atoms with E-state index < -0.39 is 0 Å². The van der Waals surface area contributed by atoms with Crippen LogP contribution in [0.25, 0.3) is 20.5 Å². The fourth-order valence-electron chi connectivity index (χ4n) is 2.73. The summed E-state index contributed by atoms with van der Waals surface area (Å²) in [5, 5.41) is 4.40. The van der Waals surface area contributed by atoms with Crippen LogP contribution in [0.1, 0.15) is 18.9 Å². The van der Waals surface area contributed by atoms with Gasteiger partial charge >= 0.3 is 0 Å². The number of hydrogen-bond donors (Lipinski definition) is 1. The largest absolute Gasteiger partial charge is 0.493 e. The summed E-state index contributed by atoms with van der Waals surface area (Å²) in [6, 6.07) is 17.4. The zero-order valence-electron chi connectivity index (χ0n) is 14.0. The molecule has 0 fully saturated rings. The third-order valence-corrected chi connectivity index (χ3v) is 5.18. The van der Waals surface area contributed by atoms with E-state index in [9.17, 15) is 0 Å². The highest BCUT2D eigenvalue weighted by Crippen LogP contribution is 2.35. The van der Waals surface area contributed by atoms with Crippen molar-refractivity contribution in [3.8, 4) is 16.2 Å². The van der Waals surface area contributed by atoms with Crippen molar-refractivity contribution in [1.82, 2.24) is 5.32 Å². The molecule has 0 aliphatic carbocycles. The lowest BCUT2D eigenvalue weighted by Crippen LogP contribution is -2.11. The van der Waals surface area contributed by atoms with Crippen molar-refractivity contribution >= 4 is 21.4 Å². The Kier molecular flexibility index (Phi) is 5.55. The molecule has 2 nitrogen and oxygen atoms in total. The van der Waals surface area contributed by atoms with E-state index in [4.69, 9.17) is 4.74 Å². The Labute approximate surface area is 147 Å². The highest BCUT2D eigenvalue weighted by atomic mass is 32.1. The molecule has 1 N–H and O–H groups in total. The summed E-state index contributed by atoms with van der Waals surface area (Å²) in [5.74, 6) is 1.00. The lowest BCUT2D eigenvalue weighted by atomic mass is 10.1. The molecule has 2 aromatic carbocycles. The Morgan fingerprint density at radius 3 is 2.83 bits per heavy atom. The smallest absolute Gasteiger partial charge is 0.122 e. The van der Waals surface area contributed by atoms with E-state index in [-0.39, 0.29) is 0 Å². The minimum Gasteiger partial charge on any atom is -0.493 e. The lowest BCUT2D eigenvalue weighted by molar-refractivity contribution is 0.308. The van der Waals surface area contributed by atoms with E-state index in [1.54, 1.807) is 6.20 Å². The summed E-state index contributed by atoms with van der Waals surface area (Å²) in [6.45, 7) is 7.44. The molecule has 0 saturated heterocycles. The predicted molar refractivity (Wildman–Crippen MR) is 105 cm³/mol. The van der Waals surface area contributed by atoms with E-state index in [2.05, 4.69) is 67.4 Å². The first kappa shape index (κ1) is 16.6. The molecule has 0 bridgehead atoms. The van der Waals surface area contributed by atoms with Crippen LogP contribution in [0.2, 0.25) is 0 Å². The Morgan fingerprint density at radius 2 is 2.04 bits per heavy atom. The second kappa shape index (κ2) is 8.02. The van der Waals surface area contributed by atoms with Gasteiger partial charge in [0.05, 0.1) is 6.61 Å². The molecule has 124 valence electrons. The molecule has 0 unspecified atom stereocenters. The van der Waals surface area contributed by atoms with Gasteiger partial charge in [0, 0.05) is 16.1 Å². The molecule has 0 saturated carbocycles. The highest BCUT2D eigenvalue weighted by Gasteiger charge is 2.08. The van der Waals surface area contributed by atoms with E-state index >= 15 is 0 Å². The SMILES string of the molecule is C=CNCCCOc1ccc(-c2cc3ccccc3s2)cc1CC. The summed E-state index contributed by atoms with van der Waals surface area (Å²) in [6.07, 6.45) is 3.66. The molecule has 0 aliphatic rings. The van der Waals surface area contributed by atoms with Crippen molar-refractivity contribution in [2.75, 3.05) is 13.2 Å². The Bertz CT molecular complexity index is 789. The maximum absolute atomic E-state index is 5.95. The Morgan fingerprint density at radius 1 is 1.17 bits per heavy atom. The van der Waals surface area contributed by atoms with Gasteiger partial charge in [0.15, 0.2) is 0 Å². The molecule has 3 aromatic rings. The lowest BCUT2D eigenvalue weighted by Gasteiger charge is -2.12. The normalized spacial score (nSPS) is 10.7. The van der Waals surface area contributed by atoms with Crippen LogP contribution < -0.4 is 10.1 Å². The van der Waals surface area contributed by atoms with E-state index in [0.717, 1.165) is 31.7 Å². The summed E-state index contributed by atoms with van der Waals surface area (Å²) in [7, 11) is 0. The quantitative estimate of drug-likeness (QED) is 0.538. The summed E-state index contributed by atoms with van der Waals surface area (Å²) >= 11 is 1.84. The van der Waals surface area contributed by atoms with Gasteiger partial charge in [-0.3, -0.25) is 0 Å². The number of rotatable bonds is 8. The van der Waals surface area contributed by atoms with Gasteiger partial charge in [-0.05, 0) is 65.9 Å². The Balaban J connectivity index is 1.76. The van der Waals surface area contributed by atoms with Crippen molar-refractivity contribution < 1.29 is 4.74 Å². The van der Waals surface area contributed by atoms with Crippen LogP contribution in [-0.2, 0) is 6.42 Å². The van der Waals surface area contributed by atoms with Gasteiger partial charge in [0.25, 0.3) is 0 Å². The third-order valence-electron chi connectivity index (χ3n) is 4.02. The maximum Gasteiger partial charge on any atom is 0.122 e. The first-order chi connectivity index (χ1) is 11.8. The van der Waals surface area contributed by atoms with Crippen LogP contribution in [0, 0.1) is 0 Å². The zero-order chi connectivity index (χ0) is 16.8. The second-order valence-corrected chi connectivity index (χ2v) is 6.77. The number of benzene rings is 2. The average Bonchev–Trinajstić information content (AvgIpc) is 3.05. The molecule has 3 rings (SSSR count). The van der Waals surface area contributed by atoms with Crippen LogP contribution in [-0.4, -0.2) is 13.2 Å². The molecular weight excluding hydrogens is 314 g/mol. The fourth-order valence-corrected chi connectivity index (χ4v) is 3.79. The molecule has 0 radical (unpaired) electrons. The monoisotopic (exact) mass is 337 g/mol. The van der Waals surface area contributed by atoms with E-state index in [1.165, 1.54) is 26.1 Å². The fraction of sp³-hybridized carbons (Fsp3) is 0.238. The van der Waals surface area contributed by atoms with Crippen molar-refractivity contribution in [3.05, 3.63) is 66.9 Å². The first-order valence-corrected chi connectivity index (χ1v) is 9.22. The van der Waals surface area contributed by atoms with Crippen LogP contribution in [0.5, 0.6) is 5.75 Å². The zero-order valence-corrected chi connectivity index (χ0v) is 14.9. The van der Waals surface area contributed by atoms with E-state index in [0.29, 0.717) is 0 Å². The molecule has 0 spiro atoms. The first-order valence-electron chi connectivity index (χ1n) is 8.40. The molecule has 0 aliphatic heterocycles. The van der Waals surface area contributed by atoms with Gasteiger partial charge in [-0.15, -0.1) is 11.3 Å². The number of hydrogen-bond acceptors (Lipinski definition) is 3. The van der Waals surface area contributed by atoms with Crippen LogP contribution >= 0.6 is 11.3 Å². The third kappa shape index (κ3) is 3.80. The highest BCUT2D eigenvalue weighted by molar-refractivity contribution is 7.22. The van der Waals surface area contributed by atoms with Gasteiger partial charge in [-0.1, -0.05) is 31.7 Å². The second-order valence-electron chi connectivity index (χ2n) is 5.68. The van der Waals surface area contributed by atoms with Crippen molar-refractivity contribution in [1.29, 1.82) is 0 Å². The molecule has 1 heterocycles. The predicted octanol–water partition coefficient (Wildman–Crippen LogP) is 5.63. The number of aryl methyl sites for hydroxylation is 1. The molecule has 24 heavy (non-hydrogen) atoms. The summed E-state index contributed by atoms with van der Waals surface area (Å²) < 4.78 is 7.29. The maximum atomic E-state index is 5.95. The topological polar surface area (TPSA) is 21.3 Å². The number of ether oxygens (including phenoxy) is 1. The molecule has 1 aromatic heterocycles. The van der Waals surface area contributed by atoms with Crippen molar-refractivity contribution in [3.63, 3.8) is 0 Å².